The molecule has 0 fully saturated rings. The molecule has 0 aromatic heterocycles. The first-order chi connectivity index (χ1) is 6.73. The Morgan fingerprint density at radius 2 is 1.93 bits per heavy atom. The lowest BCUT2D eigenvalue weighted by Crippen LogP contribution is -2.15. The highest BCUT2D eigenvalue weighted by molar-refractivity contribution is 9.10. The second-order valence-electron chi connectivity index (χ2n) is 2.99. The Morgan fingerprint density at radius 3 is 2.33 bits per heavy atom. The standard InChI is InChI=1S/C9H7BrF3NO/c1-4-6(9(11,12)13)2-5(8(14)15)3-7(4)10/h2-3H,1H3,(H2,14,15). The van der Waals surface area contributed by atoms with E-state index in [-0.39, 0.29) is 15.6 Å². The van der Waals surface area contributed by atoms with E-state index >= 15 is 0 Å². The molecule has 0 aliphatic rings. The van der Waals surface area contributed by atoms with E-state index in [9.17, 15) is 18.0 Å². The maximum atomic E-state index is 12.5. The Hall–Kier alpha value is -1.04. The van der Waals surface area contributed by atoms with Crippen molar-refractivity contribution in [1.82, 2.24) is 0 Å². The van der Waals surface area contributed by atoms with Gasteiger partial charge in [0, 0.05) is 10.0 Å². The van der Waals surface area contributed by atoms with Crippen LogP contribution in [0, 0.1) is 6.92 Å². The van der Waals surface area contributed by atoms with E-state index in [4.69, 9.17) is 5.73 Å². The van der Waals surface area contributed by atoms with Crippen molar-refractivity contribution >= 4 is 21.8 Å². The maximum Gasteiger partial charge on any atom is 0.416 e. The first-order valence-corrected chi connectivity index (χ1v) is 4.70. The smallest absolute Gasteiger partial charge is 0.366 e. The van der Waals surface area contributed by atoms with Gasteiger partial charge in [0.1, 0.15) is 0 Å². The summed E-state index contributed by atoms with van der Waals surface area (Å²) < 4.78 is 37.7. The molecule has 0 atom stereocenters. The summed E-state index contributed by atoms with van der Waals surface area (Å²) in [7, 11) is 0. The van der Waals surface area contributed by atoms with Crippen molar-refractivity contribution in [3.63, 3.8) is 0 Å². The molecule has 82 valence electrons. The van der Waals surface area contributed by atoms with Crippen LogP contribution >= 0.6 is 15.9 Å². The Morgan fingerprint density at radius 1 is 1.40 bits per heavy atom. The first kappa shape index (κ1) is 12.0. The van der Waals surface area contributed by atoms with Gasteiger partial charge in [-0.1, -0.05) is 15.9 Å². The zero-order valence-corrected chi connectivity index (χ0v) is 9.24. The normalized spacial score (nSPS) is 11.5. The van der Waals surface area contributed by atoms with Crippen molar-refractivity contribution in [2.45, 2.75) is 13.1 Å². The number of halogens is 4. The Balaban J connectivity index is 3.45. The van der Waals surface area contributed by atoms with Crippen molar-refractivity contribution in [1.29, 1.82) is 0 Å². The van der Waals surface area contributed by atoms with Crippen LogP contribution in [-0.2, 0) is 6.18 Å². The number of primary amides is 1. The zero-order chi connectivity index (χ0) is 11.8. The third-order valence-electron chi connectivity index (χ3n) is 1.93. The molecule has 0 aliphatic heterocycles. The minimum atomic E-state index is -4.49. The highest BCUT2D eigenvalue weighted by atomic mass is 79.9. The lowest BCUT2D eigenvalue weighted by atomic mass is 10.0. The Kier molecular flexibility index (Phi) is 3.08. The van der Waals surface area contributed by atoms with Crippen LogP contribution in [0.3, 0.4) is 0 Å². The molecule has 0 heterocycles. The van der Waals surface area contributed by atoms with E-state index in [1.165, 1.54) is 13.0 Å². The maximum absolute atomic E-state index is 12.5. The molecule has 0 unspecified atom stereocenters. The summed E-state index contributed by atoms with van der Waals surface area (Å²) in [6, 6.07) is 2.02. The molecule has 6 heteroatoms. The van der Waals surface area contributed by atoms with Gasteiger partial charge in [0.2, 0.25) is 5.91 Å². The summed E-state index contributed by atoms with van der Waals surface area (Å²) in [6.45, 7) is 1.32. The number of nitrogens with two attached hydrogens (primary N) is 1. The van der Waals surface area contributed by atoms with Crippen LogP contribution in [0.2, 0.25) is 0 Å². The number of benzene rings is 1. The van der Waals surface area contributed by atoms with Crippen molar-refractivity contribution in [3.8, 4) is 0 Å². The molecule has 0 bridgehead atoms. The predicted molar refractivity (Wildman–Crippen MR) is 52.4 cm³/mol. The molecular formula is C9H7BrF3NO. The van der Waals surface area contributed by atoms with Crippen LogP contribution < -0.4 is 5.73 Å². The molecule has 0 radical (unpaired) electrons. The topological polar surface area (TPSA) is 43.1 Å². The highest BCUT2D eigenvalue weighted by Crippen LogP contribution is 2.35. The third-order valence-corrected chi connectivity index (χ3v) is 2.76. The average Bonchev–Trinajstić information content (AvgIpc) is 2.06. The second-order valence-corrected chi connectivity index (χ2v) is 3.85. The predicted octanol–water partition coefficient (Wildman–Crippen LogP) is 2.88. The van der Waals surface area contributed by atoms with E-state index in [1.807, 2.05) is 0 Å². The molecule has 2 N–H and O–H groups in total. The van der Waals surface area contributed by atoms with Crippen molar-refractivity contribution in [2.24, 2.45) is 5.73 Å². The van der Waals surface area contributed by atoms with E-state index in [0.717, 1.165) is 6.07 Å². The average molecular weight is 282 g/mol. The van der Waals surface area contributed by atoms with Gasteiger partial charge in [-0.15, -0.1) is 0 Å². The van der Waals surface area contributed by atoms with Crippen LogP contribution in [0.15, 0.2) is 16.6 Å². The Bertz CT molecular complexity index is 415. The van der Waals surface area contributed by atoms with Gasteiger partial charge < -0.3 is 5.73 Å². The quantitative estimate of drug-likeness (QED) is 0.845. The molecule has 0 spiro atoms. The van der Waals surface area contributed by atoms with E-state index in [2.05, 4.69) is 15.9 Å². The van der Waals surface area contributed by atoms with Crippen LogP contribution in [-0.4, -0.2) is 5.91 Å². The molecule has 0 saturated carbocycles. The number of amides is 1. The molecule has 0 aliphatic carbocycles. The third kappa shape index (κ3) is 2.50. The first-order valence-electron chi connectivity index (χ1n) is 3.90. The Labute approximate surface area is 92.4 Å². The molecule has 1 aromatic rings. The fraction of sp³-hybridized carbons (Fsp3) is 0.222. The van der Waals surface area contributed by atoms with Gasteiger partial charge in [-0.25, -0.2) is 0 Å². The summed E-state index contributed by atoms with van der Waals surface area (Å²) in [5, 5.41) is 0. The van der Waals surface area contributed by atoms with Gasteiger partial charge in [0.25, 0.3) is 0 Å². The van der Waals surface area contributed by atoms with Gasteiger partial charge in [-0.05, 0) is 24.6 Å². The van der Waals surface area contributed by atoms with Crippen LogP contribution in [0.1, 0.15) is 21.5 Å². The second kappa shape index (κ2) is 3.84. The van der Waals surface area contributed by atoms with Gasteiger partial charge in [0.05, 0.1) is 5.56 Å². The van der Waals surface area contributed by atoms with Crippen molar-refractivity contribution < 1.29 is 18.0 Å². The van der Waals surface area contributed by atoms with Crippen LogP contribution in [0.5, 0.6) is 0 Å². The number of rotatable bonds is 1. The fourth-order valence-corrected chi connectivity index (χ4v) is 1.58. The largest absolute Gasteiger partial charge is 0.416 e. The number of carbonyl (C=O) groups excluding carboxylic acids is 1. The van der Waals surface area contributed by atoms with Gasteiger partial charge in [0.15, 0.2) is 0 Å². The molecule has 15 heavy (non-hydrogen) atoms. The minimum Gasteiger partial charge on any atom is -0.366 e. The summed E-state index contributed by atoms with van der Waals surface area (Å²) in [5.41, 5.74) is 3.93. The van der Waals surface area contributed by atoms with E-state index in [0.29, 0.717) is 0 Å². The number of alkyl halides is 3. The molecule has 1 amide bonds. The number of hydrogen-bond donors (Lipinski definition) is 1. The van der Waals surface area contributed by atoms with Crippen LogP contribution in [0.25, 0.3) is 0 Å². The summed E-state index contributed by atoms with van der Waals surface area (Å²) >= 11 is 2.95. The van der Waals surface area contributed by atoms with Crippen molar-refractivity contribution in [2.75, 3.05) is 0 Å². The van der Waals surface area contributed by atoms with E-state index < -0.39 is 17.6 Å². The summed E-state index contributed by atoms with van der Waals surface area (Å²) in [6.07, 6.45) is -4.49. The highest BCUT2D eigenvalue weighted by Gasteiger charge is 2.33. The summed E-state index contributed by atoms with van der Waals surface area (Å²) in [5.74, 6) is -0.888. The SMILES string of the molecule is Cc1c(Br)cc(C(N)=O)cc1C(F)(F)F. The molecule has 1 rings (SSSR count). The van der Waals surface area contributed by atoms with Gasteiger partial charge >= 0.3 is 6.18 Å². The number of carbonyl (C=O) groups is 1. The monoisotopic (exact) mass is 281 g/mol. The molecule has 1 aromatic carbocycles. The summed E-state index contributed by atoms with van der Waals surface area (Å²) in [4.78, 5) is 10.8. The van der Waals surface area contributed by atoms with Crippen LogP contribution in [0.4, 0.5) is 13.2 Å². The van der Waals surface area contributed by atoms with Gasteiger partial charge in [-0.3, -0.25) is 4.79 Å². The molecule has 2 nitrogen and oxygen atoms in total. The lowest BCUT2D eigenvalue weighted by Gasteiger charge is -2.12. The fourth-order valence-electron chi connectivity index (χ4n) is 1.12. The van der Waals surface area contributed by atoms with Crippen molar-refractivity contribution in [3.05, 3.63) is 33.3 Å². The van der Waals surface area contributed by atoms with Gasteiger partial charge in [-0.2, -0.15) is 13.2 Å². The van der Waals surface area contributed by atoms with E-state index in [1.54, 1.807) is 0 Å². The molecule has 0 saturated heterocycles. The zero-order valence-electron chi connectivity index (χ0n) is 7.65. The molecular weight excluding hydrogens is 275 g/mol. The minimum absolute atomic E-state index is 0.0347. The lowest BCUT2D eigenvalue weighted by molar-refractivity contribution is -0.138. The number of hydrogen-bond acceptors (Lipinski definition) is 1.